The molecular weight excluding hydrogens is 200 g/mol. The van der Waals surface area contributed by atoms with E-state index < -0.39 is 0 Å². The normalized spacial score (nSPS) is 23.5. The van der Waals surface area contributed by atoms with E-state index in [4.69, 9.17) is 5.73 Å². The molecule has 0 unspecified atom stereocenters. The van der Waals surface area contributed by atoms with Crippen LogP contribution in [0, 0.1) is 0 Å². The molecule has 2 N–H and O–H groups in total. The number of aromatic nitrogens is 1. The summed E-state index contributed by atoms with van der Waals surface area (Å²) < 4.78 is 0. The second kappa shape index (κ2) is 4.80. The lowest BCUT2D eigenvalue weighted by Crippen LogP contribution is -2.49. The van der Waals surface area contributed by atoms with Crippen LogP contribution in [-0.4, -0.2) is 47.5 Å². The van der Waals surface area contributed by atoms with Crippen molar-refractivity contribution in [3.8, 4) is 0 Å². The average Bonchev–Trinajstić information content (AvgIpc) is 2.27. The largest absolute Gasteiger partial charge is 0.384 e. The fourth-order valence-electron chi connectivity index (χ4n) is 2.06. The van der Waals surface area contributed by atoms with Crippen LogP contribution in [0.4, 0.5) is 5.82 Å². The molecule has 1 aliphatic heterocycles. The summed E-state index contributed by atoms with van der Waals surface area (Å²) in [5.41, 5.74) is 6.81. The zero-order valence-corrected chi connectivity index (χ0v) is 10.1. The number of piperazine rings is 1. The third-order valence-electron chi connectivity index (χ3n) is 3.30. The molecular formula is C12H20N4. The van der Waals surface area contributed by atoms with Crippen molar-refractivity contribution in [1.82, 2.24) is 14.8 Å². The molecule has 0 spiro atoms. The second-order valence-electron chi connectivity index (χ2n) is 4.66. The zero-order chi connectivity index (χ0) is 11.5. The molecule has 0 aromatic carbocycles. The van der Waals surface area contributed by atoms with Crippen molar-refractivity contribution >= 4 is 5.82 Å². The third-order valence-corrected chi connectivity index (χ3v) is 3.30. The highest BCUT2D eigenvalue weighted by molar-refractivity contribution is 5.29. The van der Waals surface area contributed by atoms with E-state index in [9.17, 15) is 0 Å². The molecule has 1 aromatic heterocycles. The zero-order valence-electron chi connectivity index (χ0n) is 10.1. The van der Waals surface area contributed by atoms with Crippen LogP contribution in [0.1, 0.15) is 12.5 Å². The molecule has 88 valence electrons. The van der Waals surface area contributed by atoms with Crippen LogP contribution in [0.5, 0.6) is 0 Å². The lowest BCUT2D eigenvalue weighted by molar-refractivity contribution is 0.0999. The first-order valence-corrected chi connectivity index (χ1v) is 5.78. The Balaban J connectivity index is 1.93. The molecule has 0 amide bonds. The second-order valence-corrected chi connectivity index (χ2v) is 4.66. The van der Waals surface area contributed by atoms with Gasteiger partial charge in [-0.25, -0.2) is 4.98 Å². The Hall–Kier alpha value is -1.13. The summed E-state index contributed by atoms with van der Waals surface area (Å²) in [5, 5.41) is 0. The molecule has 1 saturated heterocycles. The molecule has 1 aliphatic rings. The maximum atomic E-state index is 5.57. The summed E-state index contributed by atoms with van der Waals surface area (Å²) in [7, 11) is 2.19. The SMILES string of the molecule is C[C@H]1CN(Cc2ccc(N)nc2)CCN1C. The van der Waals surface area contributed by atoms with Gasteiger partial charge in [0.25, 0.3) is 0 Å². The average molecular weight is 220 g/mol. The quantitative estimate of drug-likeness (QED) is 0.801. The first-order valence-electron chi connectivity index (χ1n) is 5.78. The van der Waals surface area contributed by atoms with Crippen LogP contribution in [0.3, 0.4) is 0 Å². The van der Waals surface area contributed by atoms with Crippen molar-refractivity contribution in [2.45, 2.75) is 19.5 Å². The molecule has 0 radical (unpaired) electrons. The molecule has 0 saturated carbocycles. The van der Waals surface area contributed by atoms with Gasteiger partial charge in [-0.05, 0) is 25.6 Å². The van der Waals surface area contributed by atoms with Crippen LogP contribution >= 0.6 is 0 Å². The maximum absolute atomic E-state index is 5.57. The number of anilines is 1. The molecule has 1 fully saturated rings. The summed E-state index contributed by atoms with van der Waals surface area (Å²) in [6, 6.07) is 4.57. The Morgan fingerprint density at radius 2 is 2.25 bits per heavy atom. The number of hydrogen-bond acceptors (Lipinski definition) is 4. The monoisotopic (exact) mass is 220 g/mol. The van der Waals surface area contributed by atoms with E-state index in [0.29, 0.717) is 11.9 Å². The summed E-state index contributed by atoms with van der Waals surface area (Å²) in [6.07, 6.45) is 1.87. The number of likely N-dealkylation sites (N-methyl/N-ethyl adjacent to an activating group) is 1. The van der Waals surface area contributed by atoms with Crippen molar-refractivity contribution in [2.75, 3.05) is 32.4 Å². The Labute approximate surface area is 97.1 Å². The number of rotatable bonds is 2. The van der Waals surface area contributed by atoms with Gasteiger partial charge in [0.1, 0.15) is 5.82 Å². The Morgan fingerprint density at radius 3 is 2.88 bits per heavy atom. The fraction of sp³-hybridized carbons (Fsp3) is 0.583. The first kappa shape index (κ1) is 11.4. The van der Waals surface area contributed by atoms with E-state index >= 15 is 0 Å². The van der Waals surface area contributed by atoms with Crippen molar-refractivity contribution < 1.29 is 0 Å². The van der Waals surface area contributed by atoms with E-state index in [1.54, 1.807) is 0 Å². The predicted molar refractivity (Wildman–Crippen MR) is 66.0 cm³/mol. The summed E-state index contributed by atoms with van der Waals surface area (Å²) in [4.78, 5) is 8.99. The highest BCUT2D eigenvalue weighted by Gasteiger charge is 2.20. The summed E-state index contributed by atoms with van der Waals surface area (Å²) >= 11 is 0. The molecule has 2 rings (SSSR count). The van der Waals surface area contributed by atoms with Gasteiger partial charge >= 0.3 is 0 Å². The molecule has 4 heteroatoms. The topological polar surface area (TPSA) is 45.4 Å². The van der Waals surface area contributed by atoms with E-state index in [2.05, 4.69) is 34.8 Å². The predicted octanol–water partition coefficient (Wildman–Crippen LogP) is 0.800. The van der Waals surface area contributed by atoms with E-state index in [1.807, 2.05) is 12.3 Å². The highest BCUT2D eigenvalue weighted by Crippen LogP contribution is 2.11. The van der Waals surface area contributed by atoms with Gasteiger partial charge in [0.05, 0.1) is 0 Å². The number of nitrogens with zero attached hydrogens (tertiary/aromatic N) is 3. The van der Waals surface area contributed by atoms with Crippen LogP contribution in [0.2, 0.25) is 0 Å². The van der Waals surface area contributed by atoms with Crippen LogP contribution in [-0.2, 0) is 6.54 Å². The molecule has 4 nitrogen and oxygen atoms in total. The van der Waals surface area contributed by atoms with E-state index in [-0.39, 0.29) is 0 Å². The van der Waals surface area contributed by atoms with Gasteiger partial charge in [0.2, 0.25) is 0 Å². The number of hydrogen-bond donors (Lipinski definition) is 1. The maximum Gasteiger partial charge on any atom is 0.123 e. The van der Waals surface area contributed by atoms with Gasteiger partial charge in [0, 0.05) is 38.4 Å². The smallest absolute Gasteiger partial charge is 0.123 e. The molecule has 1 aromatic rings. The molecule has 2 heterocycles. The third kappa shape index (κ3) is 2.71. The van der Waals surface area contributed by atoms with Crippen molar-refractivity contribution in [3.05, 3.63) is 23.9 Å². The lowest BCUT2D eigenvalue weighted by Gasteiger charge is -2.37. The molecule has 16 heavy (non-hydrogen) atoms. The van der Waals surface area contributed by atoms with E-state index in [1.165, 1.54) is 5.56 Å². The Kier molecular flexibility index (Phi) is 3.41. The van der Waals surface area contributed by atoms with Gasteiger partial charge in [-0.3, -0.25) is 4.90 Å². The summed E-state index contributed by atoms with van der Waals surface area (Å²) in [6.45, 7) is 6.65. The van der Waals surface area contributed by atoms with Gasteiger partial charge in [0.15, 0.2) is 0 Å². The van der Waals surface area contributed by atoms with Crippen molar-refractivity contribution in [1.29, 1.82) is 0 Å². The Bertz CT molecular complexity index is 335. The van der Waals surface area contributed by atoms with Crippen LogP contribution in [0.15, 0.2) is 18.3 Å². The van der Waals surface area contributed by atoms with Gasteiger partial charge in [-0.15, -0.1) is 0 Å². The lowest BCUT2D eigenvalue weighted by atomic mass is 10.2. The minimum absolute atomic E-state index is 0.593. The number of nitrogen functional groups attached to an aromatic ring is 1. The van der Waals surface area contributed by atoms with E-state index in [0.717, 1.165) is 26.2 Å². The molecule has 0 aliphatic carbocycles. The minimum Gasteiger partial charge on any atom is -0.384 e. The van der Waals surface area contributed by atoms with Gasteiger partial charge < -0.3 is 10.6 Å². The molecule has 1 atom stereocenters. The number of pyridine rings is 1. The number of nitrogens with two attached hydrogens (primary N) is 1. The fourth-order valence-corrected chi connectivity index (χ4v) is 2.06. The first-order chi connectivity index (χ1) is 7.65. The van der Waals surface area contributed by atoms with Crippen LogP contribution in [0.25, 0.3) is 0 Å². The molecule has 0 bridgehead atoms. The van der Waals surface area contributed by atoms with Crippen molar-refractivity contribution in [2.24, 2.45) is 0 Å². The van der Waals surface area contributed by atoms with Crippen molar-refractivity contribution in [3.63, 3.8) is 0 Å². The standard InChI is InChI=1S/C12H20N4/c1-10-8-16(6-5-15(10)2)9-11-3-4-12(13)14-7-11/h3-4,7,10H,5-6,8-9H2,1-2H3,(H2,13,14)/t10-/m0/s1. The highest BCUT2D eigenvalue weighted by atomic mass is 15.3. The van der Waals surface area contributed by atoms with Gasteiger partial charge in [-0.1, -0.05) is 6.07 Å². The van der Waals surface area contributed by atoms with Crippen LogP contribution < -0.4 is 5.73 Å². The summed E-state index contributed by atoms with van der Waals surface area (Å²) in [5.74, 6) is 0.593. The Morgan fingerprint density at radius 1 is 1.44 bits per heavy atom. The minimum atomic E-state index is 0.593. The van der Waals surface area contributed by atoms with Gasteiger partial charge in [-0.2, -0.15) is 0 Å².